The second-order valence-corrected chi connectivity index (χ2v) is 7.28. The molecule has 3 rings (SSSR count). The van der Waals surface area contributed by atoms with Gasteiger partial charge in [0.05, 0.1) is 5.69 Å². The molecule has 5 nitrogen and oxygen atoms in total. The molecule has 1 aromatic carbocycles. The van der Waals surface area contributed by atoms with E-state index in [2.05, 4.69) is 10.3 Å². The van der Waals surface area contributed by atoms with Gasteiger partial charge in [-0.25, -0.2) is 4.98 Å². The quantitative estimate of drug-likeness (QED) is 0.830. The number of piperidine rings is 1. The predicted molar refractivity (Wildman–Crippen MR) is 100 cm³/mol. The molecular formula is C19H23N3O2S. The molecule has 25 heavy (non-hydrogen) atoms. The third-order valence-electron chi connectivity index (χ3n) is 4.46. The summed E-state index contributed by atoms with van der Waals surface area (Å²) in [6, 6.07) is 9.35. The lowest BCUT2D eigenvalue weighted by Crippen LogP contribution is -2.42. The van der Waals surface area contributed by atoms with Crippen molar-refractivity contribution in [3.63, 3.8) is 0 Å². The Kier molecular flexibility index (Phi) is 5.48. The summed E-state index contributed by atoms with van der Waals surface area (Å²) in [6.45, 7) is 5.83. The van der Waals surface area contributed by atoms with Gasteiger partial charge >= 0.3 is 0 Å². The number of anilines is 1. The number of likely N-dealkylation sites (tertiary alicyclic amines) is 1. The third-order valence-corrected chi connectivity index (χ3v) is 5.56. The van der Waals surface area contributed by atoms with Gasteiger partial charge in [0.15, 0.2) is 10.9 Å². The Morgan fingerprint density at radius 2 is 2.08 bits per heavy atom. The van der Waals surface area contributed by atoms with Crippen LogP contribution in [-0.2, 0) is 0 Å². The van der Waals surface area contributed by atoms with Crippen molar-refractivity contribution < 1.29 is 9.59 Å². The van der Waals surface area contributed by atoms with Gasteiger partial charge in [0, 0.05) is 31.1 Å². The highest BCUT2D eigenvalue weighted by Gasteiger charge is 2.31. The fraction of sp³-hybridized carbons (Fsp3) is 0.421. The largest absolute Gasteiger partial charge is 0.362 e. The number of Topliss-reactive ketones (excluding diaryl/α,β-unsaturated/α-hetero) is 1. The number of aryl methyl sites for hydroxylation is 1. The van der Waals surface area contributed by atoms with E-state index < -0.39 is 0 Å². The molecule has 2 aromatic rings. The number of thiazole rings is 1. The normalized spacial score (nSPS) is 17.4. The minimum Gasteiger partial charge on any atom is -0.362 e. The monoisotopic (exact) mass is 357 g/mol. The highest BCUT2D eigenvalue weighted by molar-refractivity contribution is 7.17. The van der Waals surface area contributed by atoms with Crippen molar-refractivity contribution in [3.05, 3.63) is 46.5 Å². The molecule has 1 unspecified atom stereocenters. The van der Waals surface area contributed by atoms with Gasteiger partial charge < -0.3 is 10.2 Å². The fourth-order valence-electron chi connectivity index (χ4n) is 3.18. The summed E-state index contributed by atoms with van der Waals surface area (Å²) in [5.74, 6) is -0.00116. The zero-order chi connectivity index (χ0) is 17.8. The number of amides is 1. The number of carbonyl (C=O) groups is 2. The second-order valence-electron chi connectivity index (χ2n) is 6.28. The van der Waals surface area contributed by atoms with Gasteiger partial charge in [-0.15, -0.1) is 0 Å². The summed E-state index contributed by atoms with van der Waals surface area (Å²) in [5, 5.41) is 3.93. The van der Waals surface area contributed by atoms with Crippen molar-refractivity contribution in [1.29, 1.82) is 0 Å². The molecule has 2 heterocycles. The molecule has 0 saturated carbocycles. The average Bonchev–Trinajstić information content (AvgIpc) is 3.02. The number of ketones is 1. The molecule has 132 valence electrons. The van der Waals surface area contributed by atoms with E-state index in [1.54, 1.807) is 0 Å². The van der Waals surface area contributed by atoms with Crippen LogP contribution in [0.4, 0.5) is 5.13 Å². The smallest absolute Gasteiger partial charge is 0.265 e. The number of hydrogen-bond donors (Lipinski definition) is 1. The molecule has 0 radical (unpaired) electrons. The number of nitrogens with one attached hydrogen (secondary N) is 1. The SMILES string of the molecule is CCNc1nc(C)c(C(=O)N2CCCC(C(=O)c3ccccc3)C2)s1. The number of hydrogen-bond acceptors (Lipinski definition) is 5. The molecule has 1 aliphatic heterocycles. The lowest BCUT2D eigenvalue weighted by atomic mass is 9.90. The summed E-state index contributed by atoms with van der Waals surface area (Å²) >= 11 is 1.39. The fourth-order valence-corrected chi connectivity index (χ4v) is 4.18. The summed E-state index contributed by atoms with van der Waals surface area (Å²) in [5.41, 5.74) is 1.48. The summed E-state index contributed by atoms with van der Waals surface area (Å²) in [7, 11) is 0. The maximum absolute atomic E-state index is 12.9. The second kappa shape index (κ2) is 7.78. The molecule has 1 saturated heterocycles. The van der Waals surface area contributed by atoms with E-state index in [0.717, 1.165) is 35.8 Å². The topological polar surface area (TPSA) is 62.3 Å². The zero-order valence-corrected chi connectivity index (χ0v) is 15.4. The number of carbonyl (C=O) groups excluding carboxylic acids is 2. The van der Waals surface area contributed by atoms with Gasteiger partial charge in [-0.1, -0.05) is 41.7 Å². The number of benzene rings is 1. The van der Waals surface area contributed by atoms with Crippen LogP contribution in [0.3, 0.4) is 0 Å². The molecule has 1 amide bonds. The Morgan fingerprint density at radius 1 is 1.32 bits per heavy atom. The van der Waals surface area contributed by atoms with E-state index in [0.29, 0.717) is 18.0 Å². The first-order chi connectivity index (χ1) is 12.1. The molecule has 1 atom stereocenters. The van der Waals surface area contributed by atoms with Crippen molar-refractivity contribution in [2.75, 3.05) is 25.0 Å². The van der Waals surface area contributed by atoms with E-state index in [4.69, 9.17) is 0 Å². The van der Waals surface area contributed by atoms with Crippen LogP contribution < -0.4 is 5.32 Å². The molecule has 0 aliphatic carbocycles. The highest BCUT2D eigenvalue weighted by Crippen LogP contribution is 2.27. The van der Waals surface area contributed by atoms with Gasteiger partial charge in [-0.05, 0) is 26.7 Å². The maximum Gasteiger partial charge on any atom is 0.265 e. The first-order valence-electron chi connectivity index (χ1n) is 8.70. The van der Waals surface area contributed by atoms with Crippen LogP contribution in [-0.4, -0.2) is 41.2 Å². The van der Waals surface area contributed by atoms with E-state index in [1.165, 1.54) is 11.3 Å². The molecule has 0 bridgehead atoms. The minimum atomic E-state index is -0.124. The molecule has 1 N–H and O–H groups in total. The van der Waals surface area contributed by atoms with Crippen molar-refractivity contribution in [2.45, 2.75) is 26.7 Å². The van der Waals surface area contributed by atoms with Gasteiger partial charge in [-0.3, -0.25) is 9.59 Å². The number of rotatable bonds is 5. The van der Waals surface area contributed by atoms with Crippen molar-refractivity contribution in [2.24, 2.45) is 5.92 Å². The van der Waals surface area contributed by atoms with Gasteiger partial charge in [-0.2, -0.15) is 0 Å². The number of nitrogens with zero attached hydrogens (tertiary/aromatic N) is 2. The van der Waals surface area contributed by atoms with Crippen molar-refractivity contribution >= 4 is 28.2 Å². The Morgan fingerprint density at radius 3 is 2.80 bits per heavy atom. The Balaban J connectivity index is 1.73. The molecule has 1 fully saturated rings. The summed E-state index contributed by atoms with van der Waals surface area (Å²) in [6.07, 6.45) is 1.69. The van der Waals surface area contributed by atoms with Crippen LogP contribution in [0.2, 0.25) is 0 Å². The van der Waals surface area contributed by atoms with Crippen LogP contribution in [0.5, 0.6) is 0 Å². The zero-order valence-electron chi connectivity index (χ0n) is 14.6. The summed E-state index contributed by atoms with van der Waals surface area (Å²) < 4.78 is 0. The van der Waals surface area contributed by atoms with E-state index in [-0.39, 0.29) is 17.6 Å². The maximum atomic E-state index is 12.9. The predicted octanol–water partition coefficient (Wildman–Crippen LogP) is 3.62. The van der Waals surface area contributed by atoms with Crippen LogP contribution in [0, 0.1) is 12.8 Å². The van der Waals surface area contributed by atoms with Crippen molar-refractivity contribution in [1.82, 2.24) is 9.88 Å². The van der Waals surface area contributed by atoms with E-state index in [1.807, 2.05) is 49.1 Å². The molecular weight excluding hydrogens is 334 g/mol. The van der Waals surface area contributed by atoms with Gasteiger partial charge in [0.1, 0.15) is 4.88 Å². The van der Waals surface area contributed by atoms with E-state index >= 15 is 0 Å². The Bertz CT molecular complexity index is 757. The average molecular weight is 357 g/mol. The third kappa shape index (κ3) is 3.90. The molecule has 1 aliphatic rings. The summed E-state index contributed by atoms with van der Waals surface area (Å²) in [4.78, 5) is 32.5. The lowest BCUT2D eigenvalue weighted by Gasteiger charge is -2.31. The minimum absolute atomic E-state index is 0.00952. The Labute approximate surface area is 152 Å². The standard InChI is InChI=1S/C19H23N3O2S/c1-3-20-19-21-13(2)17(25-19)18(24)22-11-7-10-15(12-22)16(23)14-8-5-4-6-9-14/h4-6,8-9,15H,3,7,10-12H2,1-2H3,(H,20,21). The van der Waals surface area contributed by atoms with Crippen LogP contribution in [0.15, 0.2) is 30.3 Å². The van der Waals surface area contributed by atoms with Crippen molar-refractivity contribution in [3.8, 4) is 0 Å². The van der Waals surface area contributed by atoms with Crippen LogP contribution in [0.1, 0.15) is 45.5 Å². The van der Waals surface area contributed by atoms with Crippen LogP contribution in [0.25, 0.3) is 0 Å². The van der Waals surface area contributed by atoms with E-state index in [9.17, 15) is 9.59 Å². The van der Waals surface area contributed by atoms with Gasteiger partial charge in [0.2, 0.25) is 0 Å². The number of aromatic nitrogens is 1. The first-order valence-corrected chi connectivity index (χ1v) is 9.51. The molecule has 1 aromatic heterocycles. The van der Waals surface area contributed by atoms with Gasteiger partial charge in [0.25, 0.3) is 5.91 Å². The van der Waals surface area contributed by atoms with Crippen LogP contribution >= 0.6 is 11.3 Å². The lowest BCUT2D eigenvalue weighted by molar-refractivity contribution is 0.0640. The highest BCUT2D eigenvalue weighted by atomic mass is 32.1. The first kappa shape index (κ1) is 17.6. The molecule has 0 spiro atoms. The Hall–Kier alpha value is -2.21. The molecule has 6 heteroatoms.